The van der Waals surface area contributed by atoms with E-state index < -0.39 is 0 Å². The first-order valence-electron chi connectivity index (χ1n) is 6.53. The normalized spacial score (nSPS) is 22.4. The smallest absolute Gasteiger partial charge is 0.215 e. The summed E-state index contributed by atoms with van der Waals surface area (Å²) in [5.74, 6) is 1.09. The van der Waals surface area contributed by atoms with Crippen LogP contribution in [0.4, 0.5) is 5.95 Å². The lowest BCUT2D eigenvalue weighted by molar-refractivity contribution is -0.0183. The van der Waals surface area contributed by atoms with Crippen molar-refractivity contribution in [2.75, 3.05) is 19.5 Å². The Bertz CT molecular complexity index is 590. The van der Waals surface area contributed by atoms with Crippen LogP contribution in [0.1, 0.15) is 25.8 Å². The highest BCUT2D eigenvalue weighted by atomic mass is 16.5. The van der Waals surface area contributed by atoms with Gasteiger partial charge in [0, 0.05) is 18.7 Å². The molecule has 0 unspecified atom stereocenters. The Kier molecular flexibility index (Phi) is 3.02. The van der Waals surface area contributed by atoms with Crippen LogP contribution in [0.15, 0.2) is 12.1 Å². The second-order valence-electron chi connectivity index (χ2n) is 4.74. The van der Waals surface area contributed by atoms with Crippen LogP contribution in [0, 0.1) is 0 Å². The molecule has 0 bridgehead atoms. The van der Waals surface area contributed by atoms with E-state index in [-0.39, 0.29) is 0 Å². The molecule has 2 heterocycles. The van der Waals surface area contributed by atoms with Crippen molar-refractivity contribution in [3.05, 3.63) is 12.1 Å². The number of hydrogen-bond acceptors (Lipinski definition) is 5. The van der Waals surface area contributed by atoms with Gasteiger partial charge in [-0.3, -0.25) is 4.57 Å². The van der Waals surface area contributed by atoms with Crippen LogP contribution < -0.4 is 10.5 Å². The highest BCUT2D eigenvalue weighted by molar-refractivity contribution is 5.75. The Morgan fingerprint density at radius 2 is 2.16 bits per heavy atom. The Morgan fingerprint density at radius 1 is 1.37 bits per heavy atom. The number of imidazole rings is 1. The summed E-state index contributed by atoms with van der Waals surface area (Å²) < 4.78 is 12.7. The van der Waals surface area contributed by atoms with E-state index >= 15 is 0 Å². The van der Waals surface area contributed by atoms with Crippen molar-refractivity contribution in [1.82, 2.24) is 14.5 Å². The third-order valence-electron chi connectivity index (χ3n) is 3.59. The van der Waals surface area contributed by atoms with Crippen molar-refractivity contribution in [2.24, 2.45) is 0 Å². The fourth-order valence-electron chi connectivity index (χ4n) is 2.57. The topological polar surface area (TPSA) is 75.2 Å². The minimum Gasteiger partial charge on any atom is -0.481 e. The number of nitrogens with zero attached hydrogens (tertiary/aromatic N) is 3. The number of nitrogen functional groups attached to an aromatic ring is 1. The van der Waals surface area contributed by atoms with Crippen LogP contribution in [0.2, 0.25) is 0 Å². The number of fused-ring (bicyclic) bond motifs is 1. The van der Waals surface area contributed by atoms with E-state index in [0.29, 0.717) is 24.0 Å². The van der Waals surface area contributed by atoms with Gasteiger partial charge in [-0.2, -0.15) is 4.98 Å². The van der Waals surface area contributed by atoms with E-state index in [2.05, 4.69) is 9.97 Å². The van der Waals surface area contributed by atoms with E-state index in [1.807, 2.05) is 17.6 Å². The minimum absolute atomic E-state index is 0.321. The molecule has 2 N–H and O–H groups in total. The predicted molar refractivity (Wildman–Crippen MR) is 72.2 cm³/mol. The maximum atomic E-state index is 6.00. The number of methoxy groups -OCH3 is 1. The monoisotopic (exact) mass is 262 g/mol. The summed E-state index contributed by atoms with van der Waals surface area (Å²) in [5.41, 5.74) is 7.60. The third kappa shape index (κ3) is 2.02. The van der Waals surface area contributed by atoms with Crippen molar-refractivity contribution < 1.29 is 9.47 Å². The first-order chi connectivity index (χ1) is 9.22. The average molecular weight is 262 g/mol. The maximum absolute atomic E-state index is 6.00. The molecule has 2 aromatic heterocycles. The summed E-state index contributed by atoms with van der Waals surface area (Å²) >= 11 is 0. The zero-order valence-corrected chi connectivity index (χ0v) is 11.2. The highest BCUT2D eigenvalue weighted by Crippen LogP contribution is 2.38. The van der Waals surface area contributed by atoms with Crippen molar-refractivity contribution in [3.63, 3.8) is 0 Å². The lowest BCUT2D eigenvalue weighted by Gasteiger charge is -2.36. The number of pyridine rings is 1. The highest BCUT2D eigenvalue weighted by Gasteiger charge is 2.33. The molecule has 6 heteroatoms. The van der Waals surface area contributed by atoms with Crippen molar-refractivity contribution in [3.8, 4) is 5.88 Å². The van der Waals surface area contributed by atoms with E-state index in [0.717, 1.165) is 30.6 Å². The Balaban J connectivity index is 1.92. The zero-order valence-electron chi connectivity index (χ0n) is 11.2. The number of nitrogens with two attached hydrogens (primary N) is 1. The first-order valence-corrected chi connectivity index (χ1v) is 6.53. The van der Waals surface area contributed by atoms with Crippen LogP contribution in [0.3, 0.4) is 0 Å². The molecule has 1 aliphatic rings. The van der Waals surface area contributed by atoms with Gasteiger partial charge >= 0.3 is 0 Å². The number of aromatic nitrogens is 3. The molecule has 0 aromatic carbocycles. The Hall–Kier alpha value is -1.82. The molecule has 102 valence electrons. The molecular formula is C13H18N4O2. The molecule has 3 rings (SSSR count). The van der Waals surface area contributed by atoms with Gasteiger partial charge in [-0.1, -0.05) is 0 Å². The van der Waals surface area contributed by atoms with Gasteiger partial charge in [-0.05, 0) is 25.8 Å². The van der Waals surface area contributed by atoms with Gasteiger partial charge in [0.25, 0.3) is 0 Å². The summed E-state index contributed by atoms with van der Waals surface area (Å²) in [6, 6.07) is 4.00. The van der Waals surface area contributed by atoms with Crippen molar-refractivity contribution in [1.29, 1.82) is 0 Å². The number of ether oxygens (including phenoxy) is 2. The predicted octanol–water partition coefficient (Wildman–Crippen LogP) is 1.76. The standard InChI is InChI=1S/C13H18N4O2/c1-3-19-9-6-8(7-9)17-12-10(15-13(17)14)4-5-11(16-12)18-2/h4-5,8-9H,3,6-7H2,1-2H3,(H2,14,15). The first kappa shape index (κ1) is 12.2. The molecule has 0 amide bonds. The fourth-order valence-corrected chi connectivity index (χ4v) is 2.57. The lowest BCUT2D eigenvalue weighted by Crippen LogP contribution is -2.34. The largest absolute Gasteiger partial charge is 0.481 e. The summed E-state index contributed by atoms with van der Waals surface area (Å²) in [5, 5.41) is 0. The van der Waals surface area contributed by atoms with Gasteiger partial charge in [-0.25, -0.2) is 4.98 Å². The quantitative estimate of drug-likeness (QED) is 0.908. The summed E-state index contributed by atoms with van der Waals surface area (Å²) in [6.45, 7) is 2.77. The molecule has 1 saturated carbocycles. The molecule has 6 nitrogen and oxygen atoms in total. The van der Waals surface area contributed by atoms with Crippen LogP contribution in [-0.2, 0) is 4.74 Å². The molecule has 0 radical (unpaired) electrons. The van der Waals surface area contributed by atoms with E-state index in [1.165, 1.54) is 0 Å². The Labute approximate surface area is 111 Å². The molecule has 1 aliphatic carbocycles. The van der Waals surface area contributed by atoms with Gasteiger partial charge in [0.2, 0.25) is 11.8 Å². The van der Waals surface area contributed by atoms with Crippen LogP contribution in [0.25, 0.3) is 11.2 Å². The van der Waals surface area contributed by atoms with Crippen molar-refractivity contribution >= 4 is 17.1 Å². The van der Waals surface area contributed by atoms with Gasteiger partial charge in [0.1, 0.15) is 5.52 Å². The third-order valence-corrected chi connectivity index (χ3v) is 3.59. The molecule has 19 heavy (non-hydrogen) atoms. The lowest BCUT2D eigenvalue weighted by atomic mass is 9.89. The van der Waals surface area contributed by atoms with Crippen LogP contribution in [0.5, 0.6) is 5.88 Å². The molecule has 0 atom stereocenters. The molecular weight excluding hydrogens is 244 g/mol. The summed E-state index contributed by atoms with van der Waals surface area (Å²) in [4.78, 5) is 8.79. The van der Waals surface area contributed by atoms with Crippen LogP contribution in [-0.4, -0.2) is 34.4 Å². The number of anilines is 1. The van der Waals surface area contributed by atoms with Gasteiger partial charge < -0.3 is 15.2 Å². The van der Waals surface area contributed by atoms with E-state index in [1.54, 1.807) is 13.2 Å². The Morgan fingerprint density at radius 3 is 2.84 bits per heavy atom. The molecule has 0 saturated heterocycles. The molecule has 0 spiro atoms. The van der Waals surface area contributed by atoms with Crippen molar-refractivity contribution in [2.45, 2.75) is 31.9 Å². The number of hydrogen-bond donors (Lipinski definition) is 1. The molecule has 1 fully saturated rings. The average Bonchev–Trinajstić information content (AvgIpc) is 2.68. The number of rotatable bonds is 4. The zero-order chi connectivity index (χ0) is 13.4. The van der Waals surface area contributed by atoms with Gasteiger partial charge in [-0.15, -0.1) is 0 Å². The van der Waals surface area contributed by atoms with E-state index in [9.17, 15) is 0 Å². The van der Waals surface area contributed by atoms with Gasteiger partial charge in [0.15, 0.2) is 5.65 Å². The second-order valence-corrected chi connectivity index (χ2v) is 4.74. The fraction of sp³-hybridized carbons (Fsp3) is 0.538. The van der Waals surface area contributed by atoms with E-state index in [4.69, 9.17) is 15.2 Å². The SMILES string of the molecule is CCOC1CC(n2c(N)nc3ccc(OC)nc32)C1. The molecule has 2 aromatic rings. The minimum atomic E-state index is 0.321. The second kappa shape index (κ2) is 4.70. The van der Waals surface area contributed by atoms with Crippen LogP contribution >= 0.6 is 0 Å². The summed E-state index contributed by atoms with van der Waals surface area (Å²) in [7, 11) is 1.60. The maximum Gasteiger partial charge on any atom is 0.215 e. The van der Waals surface area contributed by atoms with Gasteiger partial charge in [0.05, 0.1) is 13.2 Å². The summed E-state index contributed by atoms with van der Waals surface area (Å²) in [6.07, 6.45) is 2.25. The molecule has 0 aliphatic heterocycles.